The zero-order valence-electron chi connectivity index (χ0n) is 4.40. The summed E-state index contributed by atoms with van der Waals surface area (Å²) in [6.07, 6.45) is 0. The van der Waals surface area contributed by atoms with E-state index in [9.17, 15) is 0 Å². The van der Waals surface area contributed by atoms with Crippen LogP contribution in [0.2, 0.25) is 10.6 Å². The summed E-state index contributed by atoms with van der Waals surface area (Å²) >= 11 is 10.6. The zero-order valence-corrected chi connectivity index (χ0v) is 6.85. The van der Waals surface area contributed by atoms with Crippen LogP contribution in [0.25, 0.3) is 5.73 Å². The summed E-state index contributed by atoms with van der Waals surface area (Å²) < 4.78 is 0. The molecule has 0 aliphatic rings. The zero-order chi connectivity index (χ0) is 6.85. The molecule has 0 aliphatic heterocycles. The number of halogens is 2. The van der Waals surface area contributed by atoms with Crippen molar-refractivity contribution in [2.45, 2.75) is 0 Å². The molecule has 1 aromatic heterocycles. The molecule has 0 aliphatic carbocycles. The van der Waals surface area contributed by atoms with Crippen molar-refractivity contribution >= 4 is 29.2 Å². The van der Waals surface area contributed by atoms with Gasteiger partial charge in [0.1, 0.15) is 0 Å². The van der Waals surface area contributed by atoms with Crippen molar-refractivity contribution in [3.05, 3.63) is 16.3 Å². The van der Waals surface area contributed by atoms with Crippen LogP contribution in [-0.2, 0) is 17.1 Å². The summed E-state index contributed by atoms with van der Waals surface area (Å²) in [7, 11) is 0. The summed E-state index contributed by atoms with van der Waals surface area (Å²) in [4.78, 5) is 10.1. The van der Waals surface area contributed by atoms with Crippen LogP contribution >= 0.6 is 23.2 Å². The van der Waals surface area contributed by atoms with Crippen molar-refractivity contribution in [3.8, 4) is 0 Å². The monoisotopic (exact) mass is 226 g/mol. The van der Waals surface area contributed by atoms with E-state index in [0.717, 1.165) is 0 Å². The quantitative estimate of drug-likeness (QED) is 0.636. The molecule has 7 heteroatoms. The summed E-state index contributed by atoms with van der Waals surface area (Å²) in [5, 5.41) is -0.111. The Balaban J connectivity index is 0.000000810. The molecule has 0 radical (unpaired) electrons. The van der Waals surface area contributed by atoms with Gasteiger partial charge in [-0.15, -0.1) is 0 Å². The van der Waals surface area contributed by atoms with Crippen LogP contribution in [0.1, 0.15) is 0 Å². The Morgan fingerprint density at radius 2 is 1.40 bits per heavy atom. The molecule has 0 amide bonds. The summed E-state index contributed by atoms with van der Waals surface area (Å²) in [6, 6.07) is 0. The molecular formula is C3HCl2CuN4. The summed E-state index contributed by atoms with van der Waals surface area (Å²) in [5.41, 5.74) is 6.85. The van der Waals surface area contributed by atoms with Crippen LogP contribution in [0.4, 0.5) is 5.95 Å². The first-order chi connectivity index (χ1) is 4.18. The number of hydrogen-bond donors (Lipinski definition) is 0. The predicted molar refractivity (Wildman–Crippen MR) is 33.8 cm³/mol. The average molecular weight is 228 g/mol. The maximum Gasteiger partial charge on any atom is 1.00 e. The van der Waals surface area contributed by atoms with Crippen molar-refractivity contribution in [2.75, 3.05) is 0 Å². The van der Waals surface area contributed by atoms with Gasteiger partial charge in [-0.05, 0) is 0 Å². The normalized spacial score (nSPS) is 8.60. The predicted octanol–water partition coefficient (Wildman–Crippen LogP) is 1.86. The Morgan fingerprint density at radius 3 is 1.70 bits per heavy atom. The van der Waals surface area contributed by atoms with E-state index in [2.05, 4.69) is 15.0 Å². The maximum absolute atomic E-state index is 6.85. The molecule has 0 saturated heterocycles. The number of nitrogens with one attached hydrogen (secondary N) is 1. The van der Waals surface area contributed by atoms with Crippen molar-refractivity contribution in [3.63, 3.8) is 0 Å². The molecule has 0 unspecified atom stereocenters. The van der Waals surface area contributed by atoms with Crippen molar-refractivity contribution in [1.29, 1.82) is 0 Å². The maximum atomic E-state index is 6.85. The van der Waals surface area contributed by atoms with E-state index in [1.165, 1.54) is 0 Å². The molecule has 0 atom stereocenters. The van der Waals surface area contributed by atoms with E-state index in [1.54, 1.807) is 0 Å². The summed E-state index contributed by atoms with van der Waals surface area (Å²) in [6.45, 7) is 0. The fourth-order valence-electron chi connectivity index (χ4n) is 0.326. The second kappa shape index (κ2) is 3.93. The first kappa shape index (κ1) is 9.91. The molecule has 1 N–H and O–H groups in total. The standard InChI is InChI=1S/C3HCl2N4.Cu/c4-1-7-2(5)9-3(6)8-1;/h(H-,6,7,8,9);/q-1;+1. The van der Waals surface area contributed by atoms with Crippen LogP contribution in [0.15, 0.2) is 0 Å². The SMILES string of the molecule is [Cu+].[NH-]c1nc(Cl)nc(Cl)n1. The third kappa shape index (κ3) is 2.66. The Labute approximate surface area is 77.6 Å². The van der Waals surface area contributed by atoms with Crippen LogP contribution in [0, 0.1) is 0 Å². The van der Waals surface area contributed by atoms with Gasteiger partial charge in [0.15, 0.2) is 10.6 Å². The minimum Gasteiger partial charge on any atom is -0.410 e. The Morgan fingerprint density at radius 1 is 1.00 bits per heavy atom. The van der Waals surface area contributed by atoms with Crippen molar-refractivity contribution in [1.82, 2.24) is 15.0 Å². The third-order valence-electron chi connectivity index (χ3n) is 0.581. The van der Waals surface area contributed by atoms with Crippen molar-refractivity contribution < 1.29 is 17.1 Å². The van der Waals surface area contributed by atoms with Crippen LogP contribution in [-0.4, -0.2) is 15.0 Å². The first-order valence-corrected chi connectivity index (χ1v) is 2.73. The van der Waals surface area contributed by atoms with Crippen LogP contribution in [0.3, 0.4) is 0 Å². The van der Waals surface area contributed by atoms with Gasteiger partial charge in [0.25, 0.3) is 0 Å². The molecule has 1 aromatic rings. The fraction of sp³-hybridized carbons (Fsp3) is 0. The van der Waals surface area contributed by atoms with E-state index in [4.69, 9.17) is 28.9 Å². The van der Waals surface area contributed by atoms with Gasteiger partial charge in [-0.2, -0.15) is 0 Å². The number of rotatable bonds is 0. The minimum absolute atomic E-state index is 0. The molecule has 10 heavy (non-hydrogen) atoms. The van der Waals surface area contributed by atoms with Crippen LogP contribution < -0.4 is 0 Å². The van der Waals surface area contributed by atoms with E-state index < -0.39 is 0 Å². The molecule has 1 heterocycles. The van der Waals surface area contributed by atoms with E-state index >= 15 is 0 Å². The summed E-state index contributed by atoms with van der Waals surface area (Å²) in [5.74, 6) is -0.222. The Hall–Kier alpha value is -0.0905. The molecule has 0 fully saturated rings. The Kier molecular flexibility index (Phi) is 3.89. The third-order valence-corrected chi connectivity index (χ3v) is 0.919. The van der Waals surface area contributed by atoms with Gasteiger partial charge < -0.3 is 15.7 Å². The topological polar surface area (TPSA) is 62.5 Å². The number of hydrogen-bond acceptors (Lipinski definition) is 3. The van der Waals surface area contributed by atoms with E-state index in [-0.39, 0.29) is 33.6 Å². The smallest absolute Gasteiger partial charge is 0.410 e. The average Bonchev–Trinajstić information content (AvgIpc) is 1.59. The molecule has 0 saturated carbocycles. The molecule has 0 bridgehead atoms. The van der Waals surface area contributed by atoms with Gasteiger partial charge in [0.05, 0.1) is 0 Å². The molecule has 1 rings (SSSR count). The minimum atomic E-state index is -0.222. The van der Waals surface area contributed by atoms with Gasteiger partial charge in [0.2, 0.25) is 0 Å². The number of aromatic nitrogens is 3. The Bertz CT molecular complexity index is 179. The largest absolute Gasteiger partial charge is 1.00 e. The van der Waals surface area contributed by atoms with Gasteiger partial charge in [0, 0.05) is 5.95 Å². The van der Waals surface area contributed by atoms with Gasteiger partial charge in [-0.25, -0.2) is 4.98 Å². The van der Waals surface area contributed by atoms with Crippen molar-refractivity contribution in [2.24, 2.45) is 0 Å². The molecule has 0 spiro atoms. The molecule has 58 valence electrons. The van der Waals surface area contributed by atoms with E-state index in [0.29, 0.717) is 0 Å². The fourth-order valence-corrected chi connectivity index (χ4v) is 0.689. The van der Waals surface area contributed by atoms with Crippen LogP contribution in [0.5, 0.6) is 0 Å². The van der Waals surface area contributed by atoms with Gasteiger partial charge in [-0.3, -0.25) is 0 Å². The molecule has 0 aromatic carbocycles. The first-order valence-electron chi connectivity index (χ1n) is 1.97. The second-order valence-corrected chi connectivity index (χ2v) is 1.87. The molecular weight excluding hydrogens is 227 g/mol. The number of nitrogens with zero attached hydrogens (tertiary/aromatic N) is 3. The van der Waals surface area contributed by atoms with Gasteiger partial charge >= 0.3 is 17.1 Å². The van der Waals surface area contributed by atoms with Gasteiger partial charge in [-0.1, -0.05) is 23.2 Å². The molecule has 4 nitrogen and oxygen atoms in total. The van der Waals surface area contributed by atoms with E-state index in [1.807, 2.05) is 0 Å². The second-order valence-electron chi connectivity index (χ2n) is 1.20.